The van der Waals surface area contributed by atoms with Gasteiger partial charge in [-0.2, -0.15) is 4.31 Å². The third-order valence-electron chi connectivity index (χ3n) is 3.19. The fraction of sp³-hybridized carbons (Fsp3) is 0.316. The molecule has 7 heteroatoms. The van der Waals surface area contributed by atoms with Gasteiger partial charge in [-0.3, -0.25) is 0 Å². The number of hydrogen-bond acceptors (Lipinski definition) is 5. The number of anilines is 1. The van der Waals surface area contributed by atoms with E-state index >= 15 is 0 Å². The average molecular weight is 377 g/mol. The first-order valence-corrected chi connectivity index (χ1v) is 9.91. The SMILES string of the molecule is CC(C)(C)OC(=O)N(c1cccc(OCc2ccccc2)c1)S(C)(=O)=O. The Hall–Kier alpha value is -2.54. The highest BCUT2D eigenvalue weighted by Gasteiger charge is 2.30. The summed E-state index contributed by atoms with van der Waals surface area (Å²) in [5.74, 6) is 0.448. The van der Waals surface area contributed by atoms with Gasteiger partial charge in [0.05, 0.1) is 11.9 Å². The number of hydrogen-bond donors (Lipinski definition) is 0. The summed E-state index contributed by atoms with van der Waals surface area (Å²) < 4.78 is 35.8. The third-order valence-corrected chi connectivity index (χ3v) is 4.21. The minimum Gasteiger partial charge on any atom is -0.489 e. The predicted octanol–water partition coefficient (Wildman–Crippen LogP) is 3.97. The summed E-state index contributed by atoms with van der Waals surface area (Å²) in [5.41, 5.74) is 0.318. The van der Waals surface area contributed by atoms with Gasteiger partial charge in [-0.05, 0) is 38.5 Å². The van der Waals surface area contributed by atoms with Crippen LogP contribution in [0.15, 0.2) is 54.6 Å². The first-order valence-electron chi connectivity index (χ1n) is 8.06. The van der Waals surface area contributed by atoms with Crippen LogP contribution in [0.2, 0.25) is 0 Å². The molecule has 0 saturated carbocycles. The predicted molar refractivity (Wildman–Crippen MR) is 101 cm³/mol. The van der Waals surface area contributed by atoms with Crippen molar-refractivity contribution in [3.8, 4) is 5.75 Å². The van der Waals surface area contributed by atoms with Gasteiger partial charge in [0.1, 0.15) is 18.0 Å². The fourth-order valence-electron chi connectivity index (χ4n) is 2.18. The van der Waals surface area contributed by atoms with Crippen molar-refractivity contribution in [1.29, 1.82) is 0 Å². The van der Waals surface area contributed by atoms with Crippen molar-refractivity contribution in [3.05, 3.63) is 60.2 Å². The highest BCUT2D eigenvalue weighted by atomic mass is 32.2. The molecule has 0 unspecified atom stereocenters. The van der Waals surface area contributed by atoms with Crippen LogP contribution in [0.5, 0.6) is 5.75 Å². The molecule has 0 atom stereocenters. The van der Waals surface area contributed by atoms with Gasteiger partial charge in [-0.1, -0.05) is 36.4 Å². The summed E-state index contributed by atoms with van der Waals surface area (Å²) in [5, 5.41) is 0. The molecule has 0 spiro atoms. The third kappa shape index (κ3) is 5.77. The van der Waals surface area contributed by atoms with E-state index < -0.39 is 21.7 Å². The van der Waals surface area contributed by atoms with E-state index in [1.165, 1.54) is 12.1 Å². The van der Waals surface area contributed by atoms with E-state index in [4.69, 9.17) is 9.47 Å². The van der Waals surface area contributed by atoms with Crippen LogP contribution < -0.4 is 9.04 Å². The molecule has 26 heavy (non-hydrogen) atoms. The number of carbonyl (C=O) groups excluding carboxylic acids is 1. The van der Waals surface area contributed by atoms with E-state index in [-0.39, 0.29) is 5.69 Å². The minimum atomic E-state index is -3.87. The molecule has 1 amide bonds. The van der Waals surface area contributed by atoms with Crippen molar-refractivity contribution in [2.45, 2.75) is 33.0 Å². The molecule has 6 nitrogen and oxygen atoms in total. The van der Waals surface area contributed by atoms with Crippen molar-refractivity contribution < 1.29 is 22.7 Å². The second kappa shape index (κ2) is 7.78. The molecule has 0 aliphatic carbocycles. The van der Waals surface area contributed by atoms with Crippen LogP contribution in [0.3, 0.4) is 0 Å². The number of amides is 1. The van der Waals surface area contributed by atoms with Crippen molar-refractivity contribution in [2.75, 3.05) is 10.6 Å². The Bertz CT molecular complexity index is 857. The van der Waals surface area contributed by atoms with Crippen molar-refractivity contribution >= 4 is 21.8 Å². The van der Waals surface area contributed by atoms with E-state index in [1.54, 1.807) is 32.9 Å². The number of benzene rings is 2. The zero-order chi connectivity index (χ0) is 19.4. The van der Waals surface area contributed by atoms with Crippen molar-refractivity contribution in [1.82, 2.24) is 0 Å². The number of rotatable bonds is 5. The van der Waals surface area contributed by atoms with Gasteiger partial charge in [0.25, 0.3) is 0 Å². The van der Waals surface area contributed by atoms with Gasteiger partial charge in [-0.25, -0.2) is 13.2 Å². The lowest BCUT2D eigenvalue weighted by molar-refractivity contribution is 0.0609. The summed E-state index contributed by atoms with van der Waals surface area (Å²) in [6.45, 7) is 5.34. The van der Waals surface area contributed by atoms with Crippen LogP contribution in [-0.2, 0) is 21.4 Å². The van der Waals surface area contributed by atoms with Gasteiger partial charge >= 0.3 is 6.09 Å². The molecule has 0 aromatic heterocycles. The van der Waals surface area contributed by atoms with Gasteiger partial charge in [0, 0.05) is 6.07 Å². The molecule has 2 aromatic rings. The molecule has 0 aliphatic rings. The maximum Gasteiger partial charge on any atom is 0.428 e. The Balaban J connectivity index is 2.25. The van der Waals surface area contributed by atoms with E-state index in [9.17, 15) is 13.2 Å². The van der Waals surface area contributed by atoms with Gasteiger partial charge < -0.3 is 9.47 Å². The molecule has 140 valence electrons. The lowest BCUT2D eigenvalue weighted by atomic mass is 10.2. The lowest BCUT2D eigenvalue weighted by Gasteiger charge is -2.26. The summed E-state index contributed by atoms with van der Waals surface area (Å²) in [7, 11) is -3.87. The molecule has 0 N–H and O–H groups in total. The topological polar surface area (TPSA) is 72.9 Å². The van der Waals surface area contributed by atoms with Crippen molar-refractivity contribution in [3.63, 3.8) is 0 Å². The zero-order valence-electron chi connectivity index (χ0n) is 15.3. The maximum absolute atomic E-state index is 12.4. The van der Waals surface area contributed by atoms with Gasteiger partial charge in [0.2, 0.25) is 10.0 Å². The Kier molecular flexibility index (Phi) is 5.92. The van der Waals surface area contributed by atoms with Crippen LogP contribution in [0.4, 0.5) is 10.5 Å². The van der Waals surface area contributed by atoms with Gasteiger partial charge in [-0.15, -0.1) is 0 Å². The number of nitrogens with zero attached hydrogens (tertiary/aromatic N) is 1. The molecule has 2 aromatic carbocycles. The zero-order valence-corrected chi connectivity index (χ0v) is 16.1. The van der Waals surface area contributed by atoms with E-state index in [0.717, 1.165) is 11.8 Å². The molecular formula is C19H23NO5S. The Morgan fingerprint density at radius 2 is 1.69 bits per heavy atom. The van der Waals surface area contributed by atoms with E-state index in [1.807, 2.05) is 30.3 Å². The van der Waals surface area contributed by atoms with E-state index in [0.29, 0.717) is 16.7 Å². The molecule has 0 fully saturated rings. The van der Waals surface area contributed by atoms with Gasteiger partial charge in [0.15, 0.2) is 0 Å². The summed E-state index contributed by atoms with van der Waals surface area (Å²) in [6, 6.07) is 15.9. The Morgan fingerprint density at radius 1 is 1.04 bits per heavy atom. The summed E-state index contributed by atoms with van der Waals surface area (Å²) >= 11 is 0. The first-order chi connectivity index (χ1) is 12.1. The second-order valence-corrected chi connectivity index (χ2v) is 8.61. The monoisotopic (exact) mass is 377 g/mol. The Labute approximate surface area is 154 Å². The number of sulfonamides is 1. The van der Waals surface area contributed by atoms with E-state index in [2.05, 4.69) is 0 Å². The van der Waals surface area contributed by atoms with Crippen LogP contribution in [0.25, 0.3) is 0 Å². The first kappa shape index (κ1) is 19.8. The quantitative estimate of drug-likeness (QED) is 0.788. The van der Waals surface area contributed by atoms with Crippen molar-refractivity contribution in [2.24, 2.45) is 0 Å². The summed E-state index contributed by atoms with van der Waals surface area (Å²) in [4.78, 5) is 12.4. The number of ether oxygens (including phenoxy) is 2. The second-order valence-electron chi connectivity index (χ2n) is 6.78. The standard InChI is InChI=1S/C19H23NO5S/c1-19(2,3)25-18(21)20(26(4,22)23)16-11-8-12-17(13-16)24-14-15-9-6-5-7-10-15/h5-13H,14H2,1-4H3. The number of carbonyl (C=O) groups is 1. The lowest BCUT2D eigenvalue weighted by Crippen LogP contribution is -2.40. The molecule has 0 radical (unpaired) electrons. The highest BCUT2D eigenvalue weighted by molar-refractivity contribution is 7.92. The van der Waals surface area contributed by atoms with Crippen LogP contribution >= 0.6 is 0 Å². The minimum absolute atomic E-state index is 0.160. The largest absolute Gasteiger partial charge is 0.489 e. The molecular weight excluding hydrogens is 354 g/mol. The molecule has 0 heterocycles. The fourth-order valence-corrected chi connectivity index (χ4v) is 2.98. The smallest absolute Gasteiger partial charge is 0.428 e. The Morgan fingerprint density at radius 3 is 2.27 bits per heavy atom. The van der Waals surface area contributed by atoms with Crippen LogP contribution in [0, 0.1) is 0 Å². The molecule has 0 bridgehead atoms. The molecule has 0 aliphatic heterocycles. The molecule has 0 saturated heterocycles. The van der Waals surface area contributed by atoms with Crippen LogP contribution in [-0.4, -0.2) is 26.4 Å². The van der Waals surface area contributed by atoms with Crippen LogP contribution in [0.1, 0.15) is 26.3 Å². The molecule has 2 rings (SSSR count). The maximum atomic E-state index is 12.4. The average Bonchev–Trinajstić information content (AvgIpc) is 2.51. The normalized spacial score (nSPS) is 11.7. The summed E-state index contributed by atoms with van der Waals surface area (Å²) in [6.07, 6.45) is -0.00534. The highest BCUT2D eigenvalue weighted by Crippen LogP contribution is 2.26.